The normalized spacial score (nSPS) is 36.6. The van der Waals surface area contributed by atoms with Crippen LogP contribution in [0.5, 0.6) is 0 Å². The molecule has 0 aliphatic heterocycles. The summed E-state index contributed by atoms with van der Waals surface area (Å²) >= 11 is 1.66. The molecule has 0 radical (unpaired) electrons. The molecule has 3 atom stereocenters. The number of fused-ring (bicyclic) bond motifs is 2. The van der Waals surface area contributed by atoms with Crippen molar-refractivity contribution < 1.29 is 5.11 Å². The standard InChI is InChI=1S/C22H28N2OS/c1-12-24-18-4-3-14(8-20(18)26-12)21(23)19(25)11-22(2)9-15-5-13-6-16(10-22)17(15)7-13/h3-4,8,13,15-17,19,23,25H,5-7,9-11H2,1-2H3. The SMILES string of the molecule is Cc1nc2ccc(C(=N)C(O)CC3(C)CC4CC5CC(C3)C4C5)cc2s1. The molecule has 3 fully saturated rings. The van der Waals surface area contributed by atoms with Gasteiger partial charge in [0, 0.05) is 0 Å². The number of rotatable bonds is 4. The summed E-state index contributed by atoms with van der Waals surface area (Å²) in [5.41, 5.74) is 2.40. The summed E-state index contributed by atoms with van der Waals surface area (Å²) in [4.78, 5) is 4.49. The Labute approximate surface area is 159 Å². The van der Waals surface area contributed by atoms with Crippen LogP contribution in [0.1, 0.15) is 56.0 Å². The number of aromatic nitrogens is 1. The number of hydrogen-bond donors (Lipinski definition) is 2. The highest BCUT2D eigenvalue weighted by molar-refractivity contribution is 7.18. The first-order valence-electron chi connectivity index (χ1n) is 10.0. The number of benzene rings is 1. The Bertz CT molecular complexity index is 856. The summed E-state index contributed by atoms with van der Waals surface area (Å²) in [5.74, 6) is 3.74. The van der Waals surface area contributed by atoms with Crippen molar-refractivity contribution in [2.45, 2.75) is 58.5 Å². The number of aliphatic hydroxyl groups is 1. The molecule has 4 heteroatoms. The lowest BCUT2D eigenvalue weighted by atomic mass is 9.59. The van der Waals surface area contributed by atoms with Gasteiger partial charge in [0.2, 0.25) is 0 Å². The van der Waals surface area contributed by atoms with Gasteiger partial charge in [0.15, 0.2) is 0 Å². The minimum absolute atomic E-state index is 0.192. The highest BCUT2D eigenvalue weighted by Gasteiger charge is 2.53. The van der Waals surface area contributed by atoms with Crippen LogP contribution < -0.4 is 0 Å². The first-order chi connectivity index (χ1) is 12.4. The molecule has 3 nitrogen and oxygen atoms in total. The van der Waals surface area contributed by atoms with Gasteiger partial charge >= 0.3 is 0 Å². The quantitative estimate of drug-likeness (QED) is 0.730. The third kappa shape index (κ3) is 2.73. The first-order valence-corrected chi connectivity index (χ1v) is 10.9. The van der Waals surface area contributed by atoms with E-state index in [9.17, 15) is 5.11 Å². The third-order valence-electron chi connectivity index (χ3n) is 7.42. The molecule has 3 saturated carbocycles. The molecule has 0 spiro atoms. The van der Waals surface area contributed by atoms with E-state index in [-0.39, 0.29) is 5.41 Å². The summed E-state index contributed by atoms with van der Waals surface area (Å²) in [5, 5.41) is 20.5. The average molecular weight is 369 g/mol. The van der Waals surface area contributed by atoms with Gasteiger partial charge in [-0.05, 0) is 92.2 Å². The van der Waals surface area contributed by atoms with Crippen molar-refractivity contribution in [1.29, 1.82) is 5.41 Å². The molecule has 138 valence electrons. The molecule has 1 aromatic heterocycles. The van der Waals surface area contributed by atoms with Crippen LogP contribution in [-0.2, 0) is 0 Å². The van der Waals surface area contributed by atoms with Crippen LogP contribution in [0.15, 0.2) is 18.2 Å². The van der Waals surface area contributed by atoms with Crippen molar-refractivity contribution in [3.8, 4) is 0 Å². The van der Waals surface area contributed by atoms with E-state index >= 15 is 0 Å². The van der Waals surface area contributed by atoms with E-state index in [1.54, 1.807) is 11.3 Å². The molecule has 2 bridgehead atoms. The fourth-order valence-corrected chi connectivity index (χ4v) is 7.47. The van der Waals surface area contributed by atoms with Crippen molar-refractivity contribution >= 4 is 27.3 Å². The molecule has 3 unspecified atom stereocenters. The van der Waals surface area contributed by atoms with Crippen LogP contribution in [0, 0.1) is 41.4 Å². The van der Waals surface area contributed by atoms with Gasteiger partial charge in [-0.25, -0.2) is 4.98 Å². The van der Waals surface area contributed by atoms with Crippen LogP contribution in [0.2, 0.25) is 0 Å². The van der Waals surface area contributed by atoms with Gasteiger partial charge in [0.25, 0.3) is 0 Å². The van der Waals surface area contributed by atoms with E-state index in [4.69, 9.17) is 5.41 Å². The second-order valence-corrected chi connectivity index (χ2v) is 10.8. The molecular formula is C22H28N2OS. The third-order valence-corrected chi connectivity index (χ3v) is 8.36. The highest BCUT2D eigenvalue weighted by Crippen LogP contribution is 2.62. The maximum atomic E-state index is 10.9. The number of nitrogens with one attached hydrogen (secondary N) is 1. The number of aryl methyl sites for hydroxylation is 1. The van der Waals surface area contributed by atoms with E-state index in [1.807, 2.05) is 25.1 Å². The first kappa shape index (κ1) is 16.9. The maximum absolute atomic E-state index is 10.9. The Kier molecular flexibility index (Phi) is 3.81. The van der Waals surface area contributed by atoms with Crippen LogP contribution in [0.4, 0.5) is 0 Å². The van der Waals surface area contributed by atoms with Crippen molar-refractivity contribution in [1.82, 2.24) is 4.98 Å². The number of thiazole rings is 1. The zero-order chi connectivity index (χ0) is 18.1. The molecule has 2 aromatic rings. The fraction of sp³-hybridized carbons (Fsp3) is 0.636. The molecule has 3 aliphatic carbocycles. The number of nitrogens with zero attached hydrogens (tertiary/aromatic N) is 1. The number of hydrogen-bond acceptors (Lipinski definition) is 4. The predicted molar refractivity (Wildman–Crippen MR) is 107 cm³/mol. The van der Waals surface area contributed by atoms with E-state index < -0.39 is 6.10 Å². The van der Waals surface area contributed by atoms with Gasteiger partial charge < -0.3 is 10.5 Å². The van der Waals surface area contributed by atoms with Crippen LogP contribution in [0.3, 0.4) is 0 Å². The minimum atomic E-state index is -0.666. The lowest BCUT2D eigenvalue weighted by Gasteiger charge is -2.47. The molecule has 0 saturated heterocycles. The fourth-order valence-electron chi connectivity index (χ4n) is 6.60. The topological polar surface area (TPSA) is 57.0 Å². The summed E-state index contributed by atoms with van der Waals surface area (Å²) in [6, 6.07) is 5.95. The van der Waals surface area contributed by atoms with E-state index in [0.29, 0.717) is 5.71 Å². The lowest BCUT2D eigenvalue weighted by molar-refractivity contribution is 0.0229. The minimum Gasteiger partial charge on any atom is -0.387 e. The summed E-state index contributed by atoms with van der Waals surface area (Å²) in [6.07, 6.45) is 6.88. The second-order valence-electron chi connectivity index (χ2n) is 9.53. The van der Waals surface area contributed by atoms with Gasteiger partial charge in [-0.2, -0.15) is 0 Å². The summed E-state index contributed by atoms with van der Waals surface area (Å²) < 4.78 is 1.11. The second kappa shape index (κ2) is 5.87. The molecular weight excluding hydrogens is 340 g/mol. The van der Waals surface area contributed by atoms with Crippen molar-refractivity contribution in [3.63, 3.8) is 0 Å². The maximum Gasteiger partial charge on any atom is 0.0963 e. The van der Waals surface area contributed by atoms with Crippen molar-refractivity contribution in [3.05, 3.63) is 28.8 Å². The van der Waals surface area contributed by atoms with Gasteiger partial charge in [-0.15, -0.1) is 11.3 Å². The predicted octanol–water partition coefficient (Wildman–Crippen LogP) is 5.19. The Morgan fingerprint density at radius 2 is 2.04 bits per heavy atom. The van der Waals surface area contributed by atoms with Gasteiger partial charge in [-0.3, -0.25) is 0 Å². The van der Waals surface area contributed by atoms with E-state index in [1.165, 1.54) is 32.1 Å². The highest BCUT2D eigenvalue weighted by atomic mass is 32.1. The van der Waals surface area contributed by atoms with Crippen LogP contribution in [0.25, 0.3) is 10.2 Å². The van der Waals surface area contributed by atoms with Gasteiger partial charge in [-0.1, -0.05) is 13.0 Å². The van der Waals surface area contributed by atoms with E-state index in [0.717, 1.165) is 50.9 Å². The summed E-state index contributed by atoms with van der Waals surface area (Å²) in [7, 11) is 0. The monoisotopic (exact) mass is 368 g/mol. The van der Waals surface area contributed by atoms with Gasteiger partial charge in [0.05, 0.1) is 27.0 Å². The smallest absolute Gasteiger partial charge is 0.0963 e. The average Bonchev–Trinajstić information content (AvgIpc) is 3.24. The lowest BCUT2D eigenvalue weighted by Crippen LogP contribution is -2.40. The van der Waals surface area contributed by atoms with Crippen molar-refractivity contribution in [2.24, 2.45) is 29.1 Å². The zero-order valence-corrected chi connectivity index (χ0v) is 16.5. The molecule has 1 aromatic carbocycles. The largest absolute Gasteiger partial charge is 0.387 e. The van der Waals surface area contributed by atoms with Crippen LogP contribution in [-0.4, -0.2) is 21.9 Å². The molecule has 5 rings (SSSR count). The van der Waals surface area contributed by atoms with Crippen LogP contribution >= 0.6 is 11.3 Å². The van der Waals surface area contributed by atoms with Gasteiger partial charge in [0.1, 0.15) is 0 Å². The Morgan fingerprint density at radius 3 is 2.73 bits per heavy atom. The van der Waals surface area contributed by atoms with E-state index in [2.05, 4.69) is 11.9 Å². The molecule has 3 aliphatic rings. The zero-order valence-electron chi connectivity index (χ0n) is 15.7. The summed E-state index contributed by atoms with van der Waals surface area (Å²) in [6.45, 7) is 4.37. The number of aliphatic hydroxyl groups excluding tert-OH is 1. The van der Waals surface area contributed by atoms with Crippen molar-refractivity contribution in [2.75, 3.05) is 0 Å². The molecule has 26 heavy (non-hydrogen) atoms. The Morgan fingerprint density at radius 1 is 1.31 bits per heavy atom. The Balaban J connectivity index is 1.32. The Hall–Kier alpha value is -1.26. The molecule has 2 N–H and O–H groups in total. The molecule has 0 amide bonds. The molecule has 1 heterocycles.